The minimum Gasteiger partial charge on any atom is -0.512 e. The van der Waals surface area contributed by atoms with Gasteiger partial charge < -0.3 is 9.84 Å². The van der Waals surface area contributed by atoms with Crippen LogP contribution in [0.2, 0.25) is 0 Å². The normalized spacial score (nSPS) is 12.3. The van der Waals surface area contributed by atoms with Crippen LogP contribution in [0.3, 0.4) is 0 Å². The van der Waals surface area contributed by atoms with Crippen molar-refractivity contribution in [2.45, 2.75) is 87.5 Å². The molecule has 2 aromatic heterocycles. The number of nitrogens with zero attached hydrogens (tertiary/aromatic N) is 2. The molecule has 0 aliphatic carbocycles. The summed E-state index contributed by atoms with van der Waals surface area (Å²) in [5, 5.41) is 17.9. The molecule has 7 rings (SSSR count). The molecule has 1 aliphatic heterocycles. The molecule has 3 heterocycles. The van der Waals surface area contributed by atoms with E-state index in [9.17, 15) is 9.90 Å². The Morgan fingerprint density at radius 3 is 2.25 bits per heavy atom. The number of ketones is 1. The number of aromatic nitrogens is 2. The van der Waals surface area contributed by atoms with E-state index in [-0.39, 0.29) is 43.5 Å². The summed E-state index contributed by atoms with van der Waals surface area (Å²) in [6.45, 7) is 16.8. The van der Waals surface area contributed by atoms with Crippen LogP contribution < -0.4 is 4.74 Å². The second-order valence-corrected chi connectivity index (χ2v) is 14.2. The number of ether oxygens (including phenoxy) is 1. The largest absolute Gasteiger partial charge is 0.512 e. The van der Waals surface area contributed by atoms with Crippen LogP contribution in [0.5, 0.6) is 11.6 Å². The summed E-state index contributed by atoms with van der Waals surface area (Å²) in [6, 6.07) is 23.4. The summed E-state index contributed by atoms with van der Waals surface area (Å²) in [5.41, 5.74) is 6.39. The van der Waals surface area contributed by atoms with E-state index in [0.29, 0.717) is 11.8 Å². The zero-order chi connectivity index (χ0) is 35.7. The van der Waals surface area contributed by atoms with E-state index in [1.54, 1.807) is 0 Å². The fourth-order valence-corrected chi connectivity index (χ4v) is 7.30. The van der Waals surface area contributed by atoms with Crippen LogP contribution in [0.4, 0.5) is 0 Å². The summed E-state index contributed by atoms with van der Waals surface area (Å²) >= 11 is 0. The van der Waals surface area contributed by atoms with Crippen molar-refractivity contribution < 1.29 is 34.7 Å². The quantitative estimate of drug-likeness (QED) is 0.0678. The summed E-state index contributed by atoms with van der Waals surface area (Å²) in [6.07, 6.45) is 7.87. The first-order valence-corrected chi connectivity index (χ1v) is 18.3. The molecule has 6 heteroatoms. The first kappa shape index (κ1) is 38.1. The van der Waals surface area contributed by atoms with Crippen molar-refractivity contribution in [2.24, 2.45) is 17.8 Å². The number of aryl methyl sites for hydroxylation is 2. The molecule has 51 heavy (non-hydrogen) atoms. The van der Waals surface area contributed by atoms with Crippen molar-refractivity contribution in [3.8, 4) is 22.9 Å². The monoisotopic (exact) mass is 858 g/mol. The van der Waals surface area contributed by atoms with Gasteiger partial charge in [0.2, 0.25) is 0 Å². The van der Waals surface area contributed by atoms with Crippen molar-refractivity contribution in [1.82, 2.24) is 9.97 Å². The van der Waals surface area contributed by atoms with E-state index < -0.39 is 0 Å². The number of allylic oxidation sites excluding steroid dienone is 2. The Balaban J connectivity index is 0.000000271. The number of hydrogen-bond donors (Lipinski definition) is 1. The van der Waals surface area contributed by atoms with E-state index in [4.69, 9.17) is 14.7 Å². The third-order valence-corrected chi connectivity index (χ3v) is 10.4. The number of hydrogen-bond acceptors (Lipinski definition) is 5. The van der Waals surface area contributed by atoms with Crippen LogP contribution in [0.1, 0.15) is 83.9 Å². The number of fused-ring (bicyclic) bond motifs is 7. The van der Waals surface area contributed by atoms with Crippen LogP contribution in [-0.4, -0.2) is 20.9 Å². The minimum absolute atomic E-state index is 0. The van der Waals surface area contributed by atoms with E-state index in [0.717, 1.165) is 76.3 Å². The molecule has 4 aromatic carbocycles. The third kappa shape index (κ3) is 7.45. The average molecular weight is 858 g/mol. The Bertz CT molecular complexity index is 2260. The van der Waals surface area contributed by atoms with Crippen molar-refractivity contribution in [3.05, 3.63) is 95.4 Å². The number of carbonyl (C=O) groups is 1. The van der Waals surface area contributed by atoms with Gasteiger partial charge in [-0.05, 0) is 102 Å². The molecule has 1 N–H and O–H groups in total. The zero-order valence-electron chi connectivity index (χ0n) is 31.1. The molecule has 0 spiro atoms. The molecular weight excluding hydrogens is 809 g/mol. The van der Waals surface area contributed by atoms with Crippen LogP contribution in [0.25, 0.3) is 54.5 Å². The molecule has 1 radical (unpaired) electrons. The maximum Gasteiger partial charge on any atom is 0.162 e. The minimum atomic E-state index is 0. The second-order valence-electron chi connectivity index (χ2n) is 14.2. The SMILES string of the molecule is CCC(CC)C(=O)/C=C(\O)C(CC)CC.Cc1ccc2[c-]c3c(nc2c1C)Oc1cc2c4cc(CC(C)C)ccc4ccc2c2ccnc-3c12.[Ir]. The maximum atomic E-state index is 11.7. The molecule has 267 valence electrons. The van der Waals surface area contributed by atoms with E-state index >= 15 is 0 Å². The molecule has 0 bridgehead atoms. The first-order valence-electron chi connectivity index (χ1n) is 18.3. The molecule has 5 nitrogen and oxygen atoms in total. The van der Waals surface area contributed by atoms with Gasteiger partial charge in [-0.1, -0.05) is 94.5 Å². The standard InChI is InChI=1S/C32H25N2O.C13H24O2.Ir/c1-17(2)13-20-6-8-21-9-10-23-24-11-12-33-31-27-15-22-7-5-18(3)19(4)30(22)34-32(27)35-28(29(24)31)16-26(23)25(21)14-20;1-5-10(6-2)12(14)9-13(15)11(7-3)8-4;/h5-12,14,16-17H,13H2,1-4H3;9-11,14H,5-8H2,1-4H3;/q-1;;/b;12-9-;. The summed E-state index contributed by atoms with van der Waals surface area (Å²) in [4.78, 5) is 21.5. The van der Waals surface area contributed by atoms with Gasteiger partial charge >= 0.3 is 0 Å². The van der Waals surface area contributed by atoms with E-state index in [1.807, 2.05) is 33.9 Å². The summed E-state index contributed by atoms with van der Waals surface area (Å²) in [5.74, 6) is 2.56. The third-order valence-electron chi connectivity index (χ3n) is 10.4. The first-order chi connectivity index (χ1) is 24.1. The fraction of sp³-hybridized carbons (Fsp3) is 0.356. The molecule has 0 fully saturated rings. The van der Waals surface area contributed by atoms with Gasteiger partial charge in [-0.25, -0.2) is 0 Å². The van der Waals surface area contributed by atoms with Gasteiger partial charge in [-0.15, -0.1) is 12.1 Å². The molecule has 0 atom stereocenters. The fourth-order valence-electron chi connectivity index (χ4n) is 7.30. The summed E-state index contributed by atoms with van der Waals surface area (Å²) in [7, 11) is 0. The molecular formula is C45H49IrN2O3-. The number of aliphatic hydroxyl groups is 1. The van der Waals surface area contributed by atoms with Gasteiger partial charge in [0.05, 0.1) is 5.76 Å². The van der Waals surface area contributed by atoms with Crippen LogP contribution in [0.15, 0.2) is 72.6 Å². The molecule has 0 saturated carbocycles. The smallest absolute Gasteiger partial charge is 0.162 e. The number of rotatable bonds is 9. The zero-order valence-corrected chi connectivity index (χ0v) is 33.5. The molecule has 0 unspecified atom stereocenters. The molecule has 0 saturated heterocycles. The number of aliphatic hydroxyl groups excluding tert-OH is 1. The Kier molecular flexibility index (Phi) is 12.0. The Morgan fingerprint density at radius 2 is 1.57 bits per heavy atom. The Hall–Kier alpha value is -4.12. The van der Waals surface area contributed by atoms with Crippen LogP contribution in [-0.2, 0) is 31.3 Å². The number of benzene rings is 4. The van der Waals surface area contributed by atoms with Crippen molar-refractivity contribution in [1.29, 1.82) is 0 Å². The van der Waals surface area contributed by atoms with Gasteiger partial charge in [0.25, 0.3) is 0 Å². The predicted octanol–water partition coefficient (Wildman–Crippen LogP) is 12.3. The molecule has 1 aliphatic rings. The van der Waals surface area contributed by atoms with Crippen molar-refractivity contribution >= 4 is 49.0 Å². The van der Waals surface area contributed by atoms with Crippen LogP contribution >= 0.6 is 0 Å². The summed E-state index contributed by atoms with van der Waals surface area (Å²) < 4.78 is 6.52. The van der Waals surface area contributed by atoms with Gasteiger partial charge in [0.15, 0.2) is 11.7 Å². The van der Waals surface area contributed by atoms with Gasteiger partial charge in [0.1, 0.15) is 5.75 Å². The van der Waals surface area contributed by atoms with Gasteiger partial charge in [-0.3, -0.25) is 14.8 Å². The van der Waals surface area contributed by atoms with Crippen LogP contribution in [0, 0.1) is 37.7 Å². The Morgan fingerprint density at radius 1 is 0.863 bits per heavy atom. The van der Waals surface area contributed by atoms with Gasteiger partial charge in [-0.2, -0.15) is 0 Å². The number of carbonyl (C=O) groups excluding carboxylic acids is 1. The number of pyridine rings is 2. The second kappa shape index (κ2) is 16.0. The predicted molar refractivity (Wildman–Crippen MR) is 208 cm³/mol. The topological polar surface area (TPSA) is 72.3 Å². The van der Waals surface area contributed by atoms with Crippen molar-refractivity contribution in [3.63, 3.8) is 0 Å². The van der Waals surface area contributed by atoms with Gasteiger partial charge in [0, 0.05) is 60.8 Å². The average Bonchev–Trinajstić information content (AvgIpc) is 3.10. The Labute approximate surface area is 315 Å². The van der Waals surface area contributed by atoms with E-state index in [1.165, 1.54) is 38.7 Å². The maximum absolute atomic E-state index is 11.7. The molecule has 0 amide bonds. The van der Waals surface area contributed by atoms with Crippen molar-refractivity contribution in [2.75, 3.05) is 0 Å². The molecule has 6 aromatic rings. The van der Waals surface area contributed by atoms with E-state index in [2.05, 4.69) is 88.4 Å².